The van der Waals surface area contributed by atoms with Crippen molar-refractivity contribution in [3.8, 4) is 5.82 Å². The van der Waals surface area contributed by atoms with Gasteiger partial charge in [0, 0.05) is 55.7 Å². The number of rotatable bonds is 5. The average Bonchev–Trinajstić information content (AvgIpc) is 3.69. The monoisotopic (exact) mass is 526 g/mol. The molecule has 1 saturated carbocycles. The Morgan fingerprint density at radius 1 is 1.03 bits per heavy atom. The van der Waals surface area contributed by atoms with Crippen molar-refractivity contribution in [1.29, 1.82) is 0 Å². The van der Waals surface area contributed by atoms with Gasteiger partial charge >= 0.3 is 0 Å². The van der Waals surface area contributed by atoms with Gasteiger partial charge in [-0.3, -0.25) is 4.79 Å². The normalized spacial score (nSPS) is 20.4. The summed E-state index contributed by atoms with van der Waals surface area (Å²) in [5.74, 6) is 0.993. The van der Waals surface area contributed by atoms with Crippen LogP contribution in [0.2, 0.25) is 0 Å². The molecule has 3 aromatic heterocycles. The first-order valence-corrected chi connectivity index (χ1v) is 13.9. The van der Waals surface area contributed by atoms with Crippen LogP contribution in [0.4, 0.5) is 17.3 Å². The summed E-state index contributed by atoms with van der Waals surface area (Å²) in [6, 6.07) is 12.3. The number of pyridine rings is 1. The lowest BCUT2D eigenvalue weighted by Crippen LogP contribution is -2.44. The zero-order chi connectivity index (χ0) is 26.7. The van der Waals surface area contributed by atoms with Crippen molar-refractivity contribution in [3.05, 3.63) is 64.2 Å². The minimum Gasteiger partial charge on any atom is -0.386 e. The van der Waals surface area contributed by atoms with Gasteiger partial charge in [0.25, 0.3) is 5.56 Å². The molecule has 1 aliphatic heterocycles. The fraction of sp³-hybridized carbons (Fsp3) is 0.448. The SMILES string of the molecule is CCn1c(=O)c2cnc(Nc3ccc(N4CCN(C)CC4)cc3)nc2n1-c1ccc2c(n1)C(O)C1(CC2)CC1. The number of aliphatic hydroxyl groups is 1. The molecule has 2 N–H and O–H groups in total. The Morgan fingerprint density at radius 3 is 2.51 bits per heavy atom. The average molecular weight is 527 g/mol. The van der Waals surface area contributed by atoms with Crippen LogP contribution < -0.4 is 15.8 Å². The number of aromatic nitrogens is 5. The summed E-state index contributed by atoms with van der Waals surface area (Å²) in [5.41, 5.74) is 4.22. The topological polar surface area (TPSA) is 104 Å². The highest BCUT2D eigenvalue weighted by Crippen LogP contribution is 2.60. The number of fused-ring (bicyclic) bond motifs is 2. The lowest BCUT2D eigenvalue weighted by atomic mass is 9.82. The number of piperazine rings is 1. The maximum Gasteiger partial charge on any atom is 0.278 e. The van der Waals surface area contributed by atoms with Gasteiger partial charge in [-0.2, -0.15) is 4.98 Å². The van der Waals surface area contributed by atoms with E-state index in [1.54, 1.807) is 15.6 Å². The highest BCUT2D eigenvalue weighted by atomic mass is 16.3. The number of hydrogen-bond donors (Lipinski definition) is 2. The van der Waals surface area contributed by atoms with E-state index in [2.05, 4.69) is 39.3 Å². The van der Waals surface area contributed by atoms with Gasteiger partial charge in [-0.05, 0) is 75.5 Å². The molecule has 4 aromatic rings. The second kappa shape index (κ2) is 9.17. The van der Waals surface area contributed by atoms with E-state index in [-0.39, 0.29) is 11.0 Å². The molecule has 7 rings (SSSR count). The molecule has 1 spiro atoms. The van der Waals surface area contributed by atoms with Crippen LogP contribution in [0, 0.1) is 5.41 Å². The molecule has 10 heteroatoms. The molecule has 39 heavy (non-hydrogen) atoms. The molecule has 4 heterocycles. The molecule has 1 saturated heterocycles. The lowest BCUT2D eigenvalue weighted by Gasteiger charge is -2.34. The molecule has 0 bridgehead atoms. The number of anilines is 3. The standard InChI is InChI=1S/C29H34N8O2/c1-3-36-27(39)22-18-30-28(31-20-5-7-21(8-6-20)35-16-14-34(2)15-17-35)33-26(22)37(36)23-9-4-19-10-11-29(12-13-29)25(38)24(19)32-23/h4-9,18,25,38H,3,10-17H2,1-2H3,(H,30,31,33). The number of hydrogen-bond acceptors (Lipinski definition) is 8. The van der Waals surface area contributed by atoms with Crippen LogP contribution in [0.5, 0.6) is 0 Å². The Hall–Kier alpha value is -3.76. The Bertz CT molecular complexity index is 1600. The van der Waals surface area contributed by atoms with E-state index in [0.29, 0.717) is 29.3 Å². The number of nitrogens with zero attached hydrogens (tertiary/aromatic N) is 7. The van der Waals surface area contributed by atoms with Gasteiger partial charge in [0.1, 0.15) is 11.5 Å². The first-order valence-electron chi connectivity index (χ1n) is 13.9. The minimum absolute atomic E-state index is 0.0129. The molecule has 3 aliphatic rings. The van der Waals surface area contributed by atoms with E-state index < -0.39 is 6.10 Å². The summed E-state index contributed by atoms with van der Waals surface area (Å²) in [6.45, 7) is 6.54. The van der Waals surface area contributed by atoms with Crippen molar-refractivity contribution in [2.24, 2.45) is 5.41 Å². The molecule has 2 aliphatic carbocycles. The summed E-state index contributed by atoms with van der Waals surface area (Å²) in [7, 11) is 2.16. The molecule has 1 aromatic carbocycles. The van der Waals surface area contributed by atoms with Crippen LogP contribution in [0.25, 0.3) is 16.9 Å². The van der Waals surface area contributed by atoms with Crippen molar-refractivity contribution < 1.29 is 5.11 Å². The first-order chi connectivity index (χ1) is 19.0. The summed E-state index contributed by atoms with van der Waals surface area (Å²) >= 11 is 0. The Kier molecular flexibility index (Phi) is 5.71. The van der Waals surface area contributed by atoms with Crippen molar-refractivity contribution in [2.45, 2.75) is 45.3 Å². The zero-order valence-corrected chi connectivity index (χ0v) is 22.5. The Labute approximate surface area is 226 Å². The predicted molar refractivity (Wildman–Crippen MR) is 151 cm³/mol. The quantitative estimate of drug-likeness (QED) is 0.409. The van der Waals surface area contributed by atoms with Crippen LogP contribution in [0.15, 0.2) is 47.4 Å². The van der Waals surface area contributed by atoms with Gasteiger partial charge in [0.2, 0.25) is 5.95 Å². The molecule has 2 fully saturated rings. The Morgan fingerprint density at radius 2 is 1.79 bits per heavy atom. The van der Waals surface area contributed by atoms with E-state index in [9.17, 15) is 9.90 Å². The third kappa shape index (κ3) is 4.09. The predicted octanol–water partition coefficient (Wildman–Crippen LogP) is 3.25. The van der Waals surface area contributed by atoms with Gasteiger partial charge in [-0.15, -0.1) is 0 Å². The Balaban J connectivity index is 1.22. The van der Waals surface area contributed by atoms with Crippen molar-refractivity contribution in [3.63, 3.8) is 0 Å². The fourth-order valence-electron chi connectivity index (χ4n) is 6.11. The van der Waals surface area contributed by atoms with Crippen LogP contribution >= 0.6 is 0 Å². The maximum absolute atomic E-state index is 13.3. The molecular formula is C29H34N8O2. The maximum atomic E-state index is 13.3. The van der Waals surface area contributed by atoms with Gasteiger partial charge in [0.15, 0.2) is 11.5 Å². The molecule has 1 unspecified atom stereocenters. The van der Waals surface area contributed by atoms with Crippen LogP contribution in [-0.2, 0) is 13.0 Å². The molecule has 1 atom stereocenters. The van der Waals surface area contributed by atoms with Crippen LogP contribution in [0.1, 0.15) is 43.5 Å². The minimum atomic E-state index is -0.564. The van der Waals surface area contributed by atoms with Gasteiger partial charge in [-0.1, -0.05) is 6.07 Å². The number of benzene rings is 1. The summed E-state index contributed by atoms with van der Waals surface area (Å²) in [5, 5.41) is 14.8. The lowest BCUT2D eigenvalue weighted by molar-refractivity contribution is 0.0734. The van der Waals surface area contributed by atoms with E-state index in [1.807, 2.05) is 31.2 Å². The largest absolute Gasteiger partial charge is 0.386 e. The third-order valence-corrected chi connectivity index (χ3v) is 8.81. The second-order valence-corrected chi connectivity index (χ2v) is 11.2. The van der Waals surface area contributed by atoms with Crippen molar-refractivity contribution in [1.82, 2.24) is 29.2 Å². The summed E-state index contributed by atoms with van der Waals surface area (Å²) < 4.78 is 3.40. The van der Waals surface area contributed by atoms with Gasteiger partial charge in [0.05, 0.1) is 5.69 Å². The summed E-state index contributed by atoms with van der Waals surface area (Å²) in [6.07, 6.45) is 5.05. The van der Waals surface area contributed by atoms with E-state index in [4.69, 9.17) is 9.97 Å². The number of nitrogens with one attached hydrogen (secondary N) is 1. The van der Waals surface area contributed by atoms with Crippen LogP contribution in [-0.4, -0.2) is 67.5 Å². The zero-order valence-electron chi connectivity index (χ0n) is 22.5. The fourth-order valence-corrected chi connectivity index (χ4v) is 6.11. The third-order valence-electron chi connectivity index (χ3n) is 8.81. The highest BCUT2D eigenvalue weighted by Gasteiger charge is 2.52. The van der Waals surface area contributed by atoms with E-state index in [1.165, 1.54) is 5.69 Å². The van der Waals surface area contributed by atoms with E-state index >= 15 is 0 Å². The highest BCUT2D eigenvalue weighted by molar-refractivity contribution is 5.77. The second-order valence-electron chi connectivity index (χ2n) is 11.2. The molecule has 202 valence electrons. The van der Waals surface area contributed by atoms with Crippen molar-refractivity contribution in [2.75, 3.05) is 43.4 Å². The number of aliphatic hydroxyl groups excluding tert-OH is 1. The summed E-state index contributed by atoms with van der Waals surface area (Å²) in [4.78, 5) is 32.1. The molecular weight excluding hydrogens is 492 g/mol. The number of aryl methyl sites for hydroxylation is 1. The van der Waals surface area contributed by atoms with Gasteiger partial charge in [-0.25, -0.2) is 19.3 Å². The molecule has 10 nitrogen and oxygen atoms in total. The first kappa shape index (κ1) is 24.3. The van der Waals surface area contributed by atoms with E-state index in [0.717, 1.165) is 68.8 Å². The molecule has 0 amide bonds. The smallest absolute Gasteiger partial charge is 0.278 e. The molecule has 0 radical (unpaired) electrons. The van der Waals surface area contributed by atoms with Crippen LogP contribution in [0.3, 0.4) is 0 Å². The number of likely N-dealkylation sites (N-methyl/N-ethyl adjacent to an activating group) is 1. The van der Waals surface area contributed by atoms with Gasteiger partial charge < -0.3 is 20.2 Å². The van der Waals surface area contributed by atoms with Crippen molar-refractivity contribution >= 4 is 28.4 Å².